The molecular formula is C31H27Cl3N2O2. The van der Waals surface area contributed by atoms with Crippen LogP contribution in [-0.4, -0.2) is 16.7 Å². The van der Waals surface area contributed by atoms with Crippen molar-refractivity contribution in [3.8, 4) is 0 Å². The molecule has 0 spiro atoms. The van der Waals surface area contributed by atoms with Crippen molar-refractivity contribution in [2.45, 2.75) is 32.0 Å². The normalized spacial score (nSPS) is 11.6. The molecule has 4 nitrogen and oxygen atoms in total. The van der Waals surface area contributed by atoms with Gasteiger partial charge in [0.05, 0.1) is 0 Å². The second kappa shape index (κ2) is 13.5. The van der Waals surface area contributed by atoms with Crippen molar-refractivity contribution in [2.75, 3.05) is 0 Å². The van der Waals surface area contributed by atoms with Crippen LogP contribution in [0.5, 0.6) is 0 Å². The monoisotopic (exact) mass is 564 g/mol. The molecule has 0 saturated carbocycles. The second-order valence-corrected chi connectivity index (χ2v) is 10.2. The van der Waals surface area contributed by atoms with Crippen LogP contribution in [0.4, 0.5) is 0 Å². The largest absolute Gasteiger partial charge is 0.350 e. The molecule has 0 fully saturated rings. The number of hydrogen-bond acceptors (Lipinski definition) is 2. The summed E-state index contributed by atoms with van der Waals surface area (Å²) in [5.74, 6) is -0.429. The van der Waals surface area contributed by atoms with Crippen LogP contribution in [0.3, 0.4) is 0 Å². The van der Waals surface area contributed by atoms with E-state index in [9.17, 15) is 9.59 Å². The number of amides is 2. The molecule has 7 heteroatoms. The van der Waals surface area contributed by atoms with Gasteiger partial charge in [-0.05, 0) is 52.9 Å². The molecule has 0 aliphatic rings. The Kier molecular flexibility index (Phi) is 9.83. The number of hydrogen-bond donors (Lipinski definition) is 1. The maximum atomic E-state index is 13.8. The Balaban J connectivity index is 1.63. The van der Waals surface area contributed by atoms with E-state index in [1.165, 1.54) is 0 Å². The zero-order valence-electron chi connectivity index (χ0n) is 20.6. The lowest BCUT2D eigenvalue weighted by atomic mass is 10.0. The predicted octanol–water partition coefficient (Wildman–Crippen LogP) is 7.67. The van der Waals surface area contributed by atoms with Crippen molar-refractivity contribution in [1.82, 2.24) is 10.2 Å². The van der Waals surface area contributed by atoms with Crippen molar-refractivity contribution in [3.05, 3.63) is 140 Å². The van der Waals surface area contributed by atoms with Crippen LogP contribution in [0.1, 0.15) is 34.7 Å². The summed E-state index contributed by atoms with van der Waals surface area (Å²) in [5.41, 5.74) is 3.38. The molecule has 2 amide bonds. The minimum absolute atomic E-state index is 0.127. The van der Waals surface area contributed by atoms with Gasteiger partial charge in [-0.15, -0.1) is 0 Å². The summed E-state index contributed by atoms with van der Waals surface area (Å²) in [4.78, 5) is 29.2. The first-order chi connectivity index (χ1) is 18.4. The maximum absolute atomic E-state index is 13.8. The lowest BCUT2D eigenvalue weighted by Gasteiger charge is -2.32. The molecule has 1 N–H and O–H groups in total. The van der Waals surface area contributed by atoms with E-state index in [2.05, 4.69) is 5.32 Å². The molecule has 0 aliphatic heterocycles. The zero-order valence-corrected chi connectivity index (χ0v) is 22.9. The Hall–Kier alpha value is -3.31. The van der Waals surface area contributed by atoms with Crippen LogP contribution >= 0.6 is 34.8 Å². The highest BCUT2D eigenvalue weighted by molar-refractivity contribution is 6.35. The van der Waals surface area contributed by atoms with Crippen LogP contribution in [0.15, 0.2) is 103 Å². The van der Waals surface area contributed by atoms with Crippen molar-refractivity contribution in [3.63, 3.8) is 0 Å². The smallest absolute Gasteiger partial charge is 0.247 e. The third kappa shape index (κ3) is 7.61. The fourth-order valence-corrected chi connectivity index (χ4v) is 4.80. The summed E-state index contributed by atoms with van der Waals surface area (Å²) >= 11 is 18.4. The third-order valence-corrected chi connectivity index (χ3v) is 7.04. The fourth-order valence-electron chi connectivity index (χ4n) is 4.20. The van der Waals surface area contributed by atoms with Gasteiger partial charge in [-0.3, -0.25) is 9.59 Å². The first-order valence-corrected chi connectivity index (χ1v) is 13.4. The average Bonchev–Trinajstić information content (AvgIpc) is 2.93. The molecule has 0 saturated heterocycles. The lowest BCUT2D eigenvalue weighted by Crippen LogP contribution is -2.43. The Morgan fingerprint density at radius 3 is 2.03 bits per heavy atom. The van der Waals surface area contributed by atoms with Gasteiger partial charge in [-0.25, -0.2) is 0 Å². The highest BCUT2D eigenvalue weighted by Gasteiger charge is 2.31. The van der Waals surface area contributed by atoms with Gasteiger partial charge in [-0.2, -0.15) is 0 Å². The molecule has 4 aromatic carbocycles. The summed E-state index contributed by atoms with van der Waals surface area (Å²) < 4.78 is 0. The predicted molar refractivity (Wildman–Crippen MR) is 154 cm³/mol. The Labute approximate surface area is 238 Å². The fraction of sp³-hybridized carbons (Fsp3) is 0.161. The van der Waals surface area contributed by atoms with Gasteiger partial charge in [0.1, 0.15) is 6.04 Å². The molecular weight excluding hydrogens is 539 g/mol. The van der Waals surface area contributed by atoms with Gasteiger partial charge in [0.15, 0.2) is 0 Å². The van der Waals surface area contributed by atoms with Crippen LogP contribution in [0, 0.1) is 0 Å². The topological polar surface area (TPSA) is 49.4 Å². The maximum Gasteiger partial charge on any atom is 0.247 e. The molecule has 38 heavy (non-hydrogen) atoms. The SMILES string of the molecule is O=C(NCc1ccc(Cl)cc1Cl)[C@H](c1ccccc1)N(Cc1ccc(Cl)cc1)C(=O)CCc1ccccc1. The molecule has 0 heterocycles. The third-order valence-electron chi connectivity index (χ3n) is 6.20. The highest BCUT2D eigenvalue weighted by atomic mass is 35.5. The van der Waals surface area contributed by atoms with Crippen molar-refractivity contribution < 1.29 is 9.59 Å². The summed E-state index contributed by atoms with van der Waals surface area (Å²) in [6.07, 6.45) is 0.831. The van der Waals surface area contributed by atoms with E-state index in [1.807, 2.05) is 72.8 Å². The summed E-state index contributed by atoms with van der Waals surface area (Å²) in [6, 6.07) is 30.8. The Bertz CT molecular complexity index is 1360. The molecule has 0 unspecified atom stereocenters. The molecule has 4 rings (SSSR count). The highest BCUT2D eigenvalue weighted by Crippen LogP contribution is 2.27. The number of benzene rings is 4. The van der Waals surface area contributed by atoms with E-state index in [4.69, 9.17) is 34.8 Å². The van der Waals surface area contributed by atoms with E-state index < -0.39 is 6.04 Å². The number of nitrogens with zero attached hydrogens (tertiary/aromatic N) is 1. The van der Waals surface area contributed by atoms with E-state index in [-0.39, 0.29) is 31.3 Å². The van der Waals surface area contributed by atoms with Crippen molar-refractivity contribution in [1.29, 1.82) is 0 Å². The molecule has 0 bridgehead atoms. The molecule has 1 atom stereocenters. The zero-order chi connectivity index (χ0) is 26.9. The number of aryl methyl sites for hydroxylation is 1. The second-order valence-electron chi connectivity index (χ2n) is 8.90. The van der Waals surface area contributed by atoms with Gasteiger partial charge in [0.2, 0.25) is 11.8 Å². The Morgan fingerprint density at radius 2 is 1.37 bits per heavy atom. The number of carbonyl (C=O) groups is 2. The van der Waals surface area contributed by atoms with Crippen LogP contribution in [0.2, 0.25) is 15.1 Å². The molecule has 194 valence electrons. The number of carbonyl (C=O) groups excluding carboxylic acids is 2. The standard InChI is InChI=1S/C31H27Cl3N2O2/c32-26-15-11-23(12-16-26)21-36(29(37)18-13-22-7-3-1-4-8-22)30(24-9-5-2-6-10-24)31(38)35-20-25-14-17-27(33)19-28(25)34/h1-12,14-17,19,30H,13,18,20-21H2,(H,35,38)/t30-/m0/s1. The van der Waals surface area contributed by atoms with Crippen LogP contribution in [-0.2, 0) is 29.1 Å². The van der Waals surface area contributed by atoms with E-state index in [1.54, 1.807) is 35.2 Å². The molecule has 0 radical (unpaired) electrons. The van der Waals surface area contributed by atoms with Gasteiger partial charge < -0.3 is 10.2 Å². The summed E-state index contributed by atoms with van der Waals surface area (Å²) in [6.45, 7) is 0.449. The van der Waals surface area contributed by atoms with Crippen LogP contribution in [0.25, 0.3) is 0 Å². The number of rotatable bonds is 10. The number of nitrogens with one attached hydrogen (secondary N) is 1. The van der Waals surface area contributed by atoms with Crippen LogP contribution < -0.4 is 5.32 Å². The minimum atomic E-state index is -0.846. The first-order valence-electron chi connectivity index (χ1n) is 12.2. The van der Waals surface area contributed by atoms with Crippen molar-refractivity contribution in [2.24, 2.45) is 0 Å². The van der Waals surface area contributed by atoms with Gasteiger partial charge in [0.25, 0.3) is 0 Å². The molecule has 0 aliphatic carbocycles. The van der Waals surface area contributed by atoms with Gasteiger partial charge in [0, 0.05) is 34.6 Å². The quantitative estimate of drug-likeness (QED) is 0.215. The van der Waals surface area contributed by atoms with E-state index in [0.717, 1.165) is 16.7 Å². The first kappa shape index (κ1) is 27.7. The van der Waals surface area contributed by atoms with E-state index in [0.29, 0.717) is 27.1 Å². The minimum Gasteiger partial charge on any atom is -0.350 e. The average molecular weight is 566 g/mol. The summed E-state index contributed by atoms with van der Waals surface area (Å²) in [5, 5.41) is 4.57. The van der Waals surface area contributed by atoms with Gasteiger partial charge >= 0.3 is 0 Å². The lowest BCUT2D eigenvalue weighted by molar-refractivity contribution is -0.141. The Morgan fingerprint density at radius 1 is 0.737 bits per heavy atom. The summed E-state index contributed by atoms with van der Waals surface area (Å²) in [7, 11) is 0. The van der Waals surface area contributed by atoms with Gasteiger partial charge in [-0.1, -0.05) is 114 Å². The number of halogens is 3. The van der Waals surface area contributed by atoms with Crippen molar-refractivity contribution >= 4 is 46.6 Å². The molecule has 0 aromatic heterocycles. The van der Waals surface area contributed by atoms with E-state index >= 15 is 0 Å². The molecule has 4 aromatic rings.